The number of nitrogen functional groups attached to an aromatic ring is 2. The number of fused-ring (bicyclic) bond motifs is 1. The minimum Gasteiger partial charge on any atom is -0.463 e. The van der Waals surface area contributed by atoms with Crippen molar-refractivity contribution in [2.24, 2.45) is 0 Å². The second kappa shape index (κ2) is 5.34. The predicted octanol–water partition coefficient (Wildman–Crippen LogP) is 2.00. The Bertz CT molecular complexity index is 1020. The molecule has 0 unspecified atom stereocenters. The first-order chi connectivity index (χ1) is 11.6. The summed E-state index contributed by atoms with van der Waals surface area (Å²) in [5, 5.41) is 8.37. The molecule has 4 N–H and O–H groups in total. The number of rotatable bonds is 3. The Labute approximate surface area is 137 Å². The smallest absolute Gasteiger partial charge is 0.222 e. The first-order valence-corrected chi connectivity index (χ1v) is 7.37. The molecule has 0 aliphatic heterocycles. The van der Waals surface area contributed by atoms with Gasteiger partial charge in [0.25, 0.3) is 0 Å². The van der Waals surface area contributed by atoms with Crippen LogP contribution in [0.3, 0.4) is 0 Å². The standard InChI is InChI=1S/C16H15N7O/c1-9-4-5-10(7-11(9)17)8-23-15-14(21-22-23)13(19-16(18)20-15)12-3-2-6-24-12/h2-7H,8,17H2,1H3,(H2,18,19,20). The highest BCUT2D eigenvalue weighted by Gasteiger charge is 2.17. The van der Waals surface area contributed by atoms with Gasteiger partial charge in [-0.2, -0.15) is 4.98 Å². The SMILES string of the molecule is Cc1ccc(Cn2nnc3c(-c4ccco4)nc(N)nc32)cc1N. The van der Waals surface area contributed by atoms with Gasteiger partial charge in [-0.15, -0.1) is 5.10 Å². The molecule has 4 aromatic rings. The van der Waals surface area contributed by atoms with Crippen molar-refractivity contribution in [1.29, 1.82) is 0 Å². The van der Waals surface area contributed by atoms with Gasteiger partial charge < -0.3 is 15.9 Å². The van der Waals surface area contributed by atoms with Crippen LogP contribution in [-0.4, -0.2) is 25.0 Å². The van der Waals surface area contributed by atoms with Crippen molar-refractivity contribution >= 4 is 22.8 Å². The van der Waals surface area contributed by atoms with E-state index >= 15 is 0 Å². The van der Waals surface area contributed by atoms with Gasteiger partial charge in [0, 0.05) is 5.69 Å². The highest BCUT2D eigenvalue weighted by molar-refractivity contribution is 5.85. The number of furan rings is 1. The number of aromatic nitrogens is 5. The molecule has 8 nitrogen and oxygen atoms in total. The summed E-state index contributed by atoms with van der Waals surface area (Å²) in [7, 11) is 0. The number of hydrogen-bond donors (Lipinski definition) is 2. The molecule has 0 amide bonds. The van der Waals surface area contributed by atoms with Crippen molar-refractivity contribution < 1.29 is 4.42 Å². The summed E-state index contributed by atoms with van der Waals surface area (Å²) in [5.41, 5.74) is 16.2. The molecule has 0 radical (unpaired) electrons. The van der Waals surface area contributed by atoms with Crippen LogP contribution in [0.4, 0.5) is 11.6 Å². The summed E-state index contributed by atoms with van der Waals surface area (Å²) in [6, 6.07) is 9.46. The number of nitrogens with zero attached hydrogens (tertiary/aromatic N) is 5. The van der Waals surface area contributed by atoms with Crippen LogP contribution < -0.4 is 11.5 Å². The molecule has 0 bridgehead atoms. The molecule has 0 aliphatic carbocycles. The van der Waals surface area contributed by atoms with Crippen molar-refractivity contribution in [1.82, 2.24) is 25.0 Å². The summed E-state index contributed by atoms with van der Waals surface area (Å²) >= 11 is 0. The van der Waals surface area contributed by atoms with E-state index in [1.165, 1.54) is 0 Å². The maximum absolute atomic E-state index is 5.97. The zero-order valence-corrected chi connectivity index (χ0v) is 13.0. The normalized spacial score (nSPS) is 11.2. The van der Waals surface area contributed by atoms with Crippen LogP contribution in [0, 0.1) is 6.92 Å². The Morgan fingerprint density at radius 1 is 1.17 bits per heavy atom. The number of hydrogen-bond acceptors (Lipinski definition) is 7. The fourth-order valence-corrected chi connectivity index (χ4v) is 2.53. The van der Waals surface area contributed by atoms with E-state index < -0.39 is 0 Å². The molecule has 8 heteroatoms. The van der Waals surface area contributed by atoms with Crippen molar-refractivity contribution in [3.05, 3.63) is 47.7 Å². The molecule has 0 saturated carbocycles. The molecule has 0 aliphatic rings. The fraction of sp³-hybridized carbons (Fsp3) is 0.125. The summed E-state index contributed by atoms with van der Waals surface area (Å²) in [6.45, 7) is 2.45. The maximum Gasteiger partial charge on any atom is 0.222 e. The first kappa shape index (κ1) is 14.2. The van der Waals surface area contributed by atoms with Crippen molar-refractivity contribution in [3.63, 3.8) is 0 Å². The van der Waals surface area contributed by atoms with E-state index in [4.69, 9.17) is 15.9 Å². The molecule has 0 fully saturated rings. The van der Waals surface area contributed by atoms with Gasteiger partial charge in [0.2, 0.25) is 5.95 Å². The zero-order chi connectivity index (χ0) is 16.7. The van der Waals surface area contributed by atoms with Crippen LogP contribution in [0.15, 0.2) is 41.0 Å². The lowest BCUT2D eigenvalue weighted by atomic mass is 10.1. The number of aryl methyl sites for hydroxylation is 1. The van der Waals surface area contributed by atoms with Gasteiger partial charge in [0.05, 0.1) is 12.8 Å². The van der Waals surface area contributed by atoms with Gasteiger partial charge in [0.1, 0.15) is 5.69 Å². The van der Waals surface area contributed by atoms with Crippen LogP contribution in [0.5, 0.6) is 0 Å². The summed E-state index contributed by atoms with van der Waals surface area (Å²) in [4.78, 5) is 8.50. The molecule has 3 aromatic heterocycles. The highest BCUT2D eigenvalue weighted by atomic mass is 16.3. The largest absolute Gasteiger partial charge is 0.463 e. The molecule has 120 valence electrons. The lowest BCUT2D eigenvalue weighted by molar-refractivity contribution is 0.580. The van der Waals surface area contributed by atoms with Crippen LogP contribution in [0.25, 0.3) is 22.6 Å². The van der Waals surface area contributed by atoms with Gasteiger partial charge in [-0.05, 0) is 36.2 Å². The molecular formula is C16H15N7O. The van der Waals surface area contributed by atoms with Gasteiger partial charge in [0.15, 0.2) is 16.9 Å². The van der Waals surface area contributed by atoms with Crippen LogP contribution in [0.2, 0.25) is 0 Å². The van der Waals surface area contributed by atoms with E-state index in [1.807, 2.05) is 25.1 Å². The molecule has 1 aromatic carbocycles. The average Bonchev–Trinajstić information content (AvgIpc) is 3.21. The van der Waals surface area contributed by atoms with Crippen molar-refractivity contribution in [2.45, 2.75) is 13.5 Å². The third-order valence-electron chi connectivity index (χ3n) is 3.81. The van der Waals surface area contributed by atoms with Gasteiger partial charge in [-0.3, -0.25) is 0 Å². The lowest BCUT2D eigenvalue weighted by Crippen LogP contribution is -2.05. The van der Waals surface area contributed by atoms with E-state index in [1.54, 1.807) is 23.1 Å². The van der Waals surface area contributed by atoms with Gasteiger partial charge in [-0.25, -0.2) is 9.67 Å². The zero-order valence-electron chi connectivity index (χ0n) is 13.0. The summed E-state index contributed by atoms with van der Waals surface area (Å²) in [6.07, 6.45) is 1.57. The minimum atomic E-state index is 0.140. The second-order valence-electron chi connectivity index (χ2n) is 5.52. The van der Waals surface area contributed by atoms with Crippen molar-refractivity contribution in [2.75, 3.05) is 11.5 Å². The summed E-state index contributed by atoms with van der Waals surface area (Å²) in [5.74, 6) is 0.710. The van der Waals surface area contributed by atoms with E-state index in [0.717, 1.165) is 16.8 Å². The molecule has 24 heavy (non-hydrogen) atoms. The van der Waals surface area contributed by atoms with E-state index in [-0.39, 0.29) is 5.95 Å². The number of anilines is 2. The van der Waals surface area contributed by atoms with Crippen LogP contribution in [0.1, 0.15) is 11.1 Å². The molecule has 0 saturated heterocycles. The topological polar surface area (TPSA) is 122 Å². The Kier molecular flexibility index (Phi) is 3.16. The average molecular weight is 321 g/mol. The van der Waals surface area contributed by atoms with E-state index in [2.05, 4.69) is 20.3 Å². The minimum absolute atomic E-state index is 0.140. The summed E-state index contributed by atoms with van der Waals surface area (Å²) < 4.78 is 7.07. The predicted molar refractivity (Wildman–Crippen MR) is 89.9 cm³/mol. The second-order valence-corrected chi connectivity index (χ2v) is 5.52. The van der Waals surface area contributed by atoms with E-state index in [0.29, 0.717) is 29.2 Å². The Morgan fingerprint density at radius 3 is 2.79 bits per heavy atom. The number of nitrogens with two attached hydrogens (primary N) is 2. The Balaban J connectivity index is 1.81. The van der Waals surface area contributed by atoms with Crippen LogP contribution in [-0.2, 0) is 6.54 Å². The van der Waals surface area contributed by atoms with Gasteiger partial charge >= 0.3 is 0 Å². The Morgan fingerprint density at radius 2 is 2.04 bits per heavy atom. The molecule has 0 spiro atoms. The molecule has 4 rings (SSSR count). The fourth-order valence-electron chi connectivity index (χ4n) is 2.53. The van der Waals surface area contributed by atoms with Crippen molar-refractivity contribution in [3.8, 4) is 11.5 Å². The highest BCUT2D eigenvalue weighted by Crippen LogP contribution is 2.25. The van der Waals surface area contributed by atoms with Crippen LogP contribution >= 0.6 is 0 Å². The van der Waals surface area contributed by atoms with E-state index in [9.17, 15) is 0 Å². The lowest BCUT2D eigenvalue weighted by Gasteiger charge is -2.06. The monoisotopic (exact) mass is 321 g/mol. The quantitative estimate of drug-likeness (QED) is 0.553. The molecule has 3 heterocycles. The number of benzene rings is 1. The third kappa shape index (κ3) is 2.34. The molecule has 0 atom stereocenters. The first-order valence-electron chi connectivity index (χ1n) is 7.37. The molecular weight excluding hydrogens is 306 g/mol. The Hall–Kier alpha value is -3.42. The van der Waals surface area contributed by atoms with Gasteiger partial charge in [-0.1, -0.05) is 17.3 Å². The maximum atomic E-state index is 5.97. The third-order valence-corrected chi connectivity index (χ3v) is 3.81.